The summed E-state index contributed by atoms with van der Waals surface area (Å²) in [6.45, 7) is 0.579. The number of ether oxygens (including phenoxy) is 2. The summed E-state index contributed by atoms with van der Waals surface area (Å²) in [7, 11) is 3.15. The Morgan fingerprint density at radius 1 is 1.38 bits per heavy atom. The molecule has 88 valence electrons. The SMILES string of the molecule is COCCCC(=O)c1cccc(OC)c1N. The van der Waals surface area contributed by atoms with Crippen LogP contribution in [0.3, 0.4) is 0 Å². The lowest BCUT2D eigenvalue weighted by atomic mass is 10.0. The molecule has 0 saturated heterocycles. The van der Waals surface area contributed by atoms with E-state index in [2.05, 4.69) is 0 Å². The van der Waals surface area contributed by atoms with E-state index in [1.165, 1.54) is 7.11 Å². The van der Waals surface area contributed by atoms with Gasteiger partial charge in [0.1, 0.15) is 5.75 Å². The third-order valence-electron chi connectivity index (χ3n) is 2.34. The Morgan fingerprint density at radius 2 is 2.12 bits per heavy atom. The average molecular weight is 223 g/mol. The Kier molecular flexibility index (Phi) is 4.79. The molecule has 0 aliphatic rings. The molecule has 0 unspecified atom stereocenters. The van der Waals surface area contributed by atoms with Crippen LogP contribution in [0.15, 0.2) is 18.2 Å². The first-order valence-electron chi connectivity index (χ1n) is 5.15. The maximum Gasteiger partial charge on any atom is 0.165 e. The number of carbonyl (C=O) groups excluding carboxylic acids is 1. The lowest BCUT2D eigenvalue weighted by Gasteiger charge is -2.08. The maximum absolute atomic E-state index is 11.8. The lowest BCUT2D eigenvalue weighted by molar-refractivity contribution is 0.0964. The van der Waals surface area contributed by atoms with Crippen molar-refractivity contribution in [2.75, 3.05) is 26.6 Å². The van der Waals surface area contributed by atoms with Crippen molar-refractivity contribution in [1.82, 2.24) is 0 Å². The van der Waals surface area contributed by atoms with Crippen LogP contribution in [0.4, 0.5) is 5.69 Å². The summed E-state index contributed by atoms with van der Waals surface area (Å²) >= 11 is 0. The fraction of sp³-hybridized carbons (Fsp3) is 0.417. The van der Waals surface area contributed by atoms with Gasteiger partial charge >= 0.3 is 0 Å². The number of nitrogen functional groups attached to an aromatic ring is 1. The van der Waals surface area contributed by atoms with E-state index >= 15 is 0 Å². The molecule has 0 bridgehead atoms. The molecule has 4 nitrogen and oxygen atoms in total. The highest BCUT2D eigenvalue weighted by Gasteiger charge is 2.12. The van der Waals surface area contributed by atoms with Crippen molar-refractivity contribution < 1.29 is 14.3 Å². The summed E-state index contributed by atoms with van der Waals surface area (Å²) in [5, 5.41) is 0. The number of hydrogen-bond acceptors (Lipinski definition) is 4. The zero-order valence-corrected chi connectivity index (χ0v) is 9.66. The molecule has 1 aromatic carbocycles. The van der Waals surface area contributed by atoms with Gasteiger partial charge in [0, 0.05) is 25.7 Å². The number of hydrogen-bond donors (Lipinski definition) is 1. The van der Waals surface area contributed by atoms with Gasteiger partial charge in [0.05, 0.1) is 12.8 Å². The van der Waals surface area contributed by atoms with Crippen molar-refractivity contribution in [2.24, 2.45) is 0 Å². The van der Waals surface area contributed by atoms with Gasteiger partial charge in [-0.3, -0.25) is 4.79 Å². The molecule has 0 fully saturated rings. The molecule has 1 rings (SSSR count). The fourth-order valence-corrected chi connectivity index (χ4v) is 1.48. The summed E-state index contributed by atoms with van der Waals surface area (Å²) in [5.74, 6) is 0.561. The van der Waals surface area contributed by atoms with Gasteiger partial charge in [-0.1, -0.05) is 6.07 Å². The van der Waals surface area contributed by atoms with Crippen LogP contribution in [0.1, 0.15) is 23.2 Å². The number of anilines is 1. The highest BCUT2D eigenvalue weighted by molar-refractivity contribution is 6.01. The van der Waals surface area contributed by atoms with E-state index in [0.717, 1.165) is 0 Å². The topological polar surface area (TPSA) is 61.5 Å². The largest absolute Gasteiger partial charge is 0.495 e. The first kappa shape index (κ1) is 12.5. The molecular formula is C12H17NO3. The van der Waals surface area contributed by atoms with E-state index in [1.54, 1.807) is 25.3 Å². The smallest absolute Gasteiger partial charge is 0.165 e. The number of nitrogens with two attached hydrogens (primary N) is 1. The van der Waals surface area contributed by atoms with Gasteiger partial charge in [0.2, 0.25) is 0 Å². The van der Waals surface area contributed by atoms with Crippen LogP contribution >= 0.6 is 0 Å². The third-order valence-corrected chi connectivity index (χ3v) is 2.34. The van der Waals surface area contributed by atoms with Crippen LogP contribution in [-0.2, 0) is 4.74 Å². The Morgan fingerprint density at radius 3 is 2.75 bits per heavy atom. The number of benzene rings is 1. The highest BCUT2D eigenvalue weighted by Crippen LogP contribution is 2.25. The molecule has 0 amide bonds. The summed E-state index contributed by atoms with van der Waals surface area (Å²) in [5.41, 5.74) is 6.76. The second kappa shape index (κ2) is 6.12. The van der Waals surface area contributed by atoms with Gasteiger partial charge < -0.3 is 15.2 Å². The standard InChI is InChI=1S/C12H17NO3/c1-15-8-4-6-10(14)9-5-3-7-11(16-2)12(9)13/h3,5,7H,4,6,8,13H2,1-2H3. The minimum absolute atomic E-state index is 0.0217. The second-order valence-electron chi connectivity index (χ2n) is 3.44. The first-order chi connectivity index (χ1) is 7.70. The van der Waals surface area contributed by atoms with Crippen LogP contribution in [0, 0.1) is 0 Å². The van der Waals surface area contributed by atoms with Crippen molar-refractivity contribution in [3.05, 3.63) is 23.8 Å². The Labute approximate surface area is 95.3 Å². The van der Waals surface area contributed by atoms with E-state index in [0.29, 0.717) is 36.4 Å². The number of Topliss-reactive ketones (excluding diaryl/α,β-unsaturated/α-hetero) is 1. The molecule has 1 aromatic rings. The minimum Gasteiger partial charge on any atom is -0.495 e. The molecule has 0 atom stereocenters. The van der Waals surface area contributed by atoms with Gasteiger partial charge in [-0.2, -0.15) is 0 Å². The third kappa shape index (κ3) is 2.97. The quantitative estimate of drug-likeness (QED) is 0.454. The van der Waals surface area contributed by atoms with E-state index in [-0.39, 0.29) is 5.78 Å². The second-order valence-corrected chi connectivity index (χ2v) is 3.44. The Hall–Kier alpha value is -1.55. The van der Waals surface area contributed by atoms with Gasteiger partial charge in [0.25, 0.3) is 0 Å². The fourth-order valence-electron chi connectivity index (χ4n) is 1.48. The summed E-state index contributed by atoms with van der Waals surface area (Å²) in [6, 6.07) is 5.22. The van der Waals surface area contributed by atoms with Crippen molar-refractivity contribution in [2.45, 2.75) is 12.8 Å². The van der Waals surface area contributed by atoms with E-state index in [1.807, 2.05) is 0 Å². The summed E-state index contributed by atoms with van der Waals surface area (Å²) in [6.07, 6.45) is 1.14. The van der Waals surface area contributed by atoms with Crippen molar-refractivity contribution in [1.29, 1.82) is 0 Å². The molecule has 0 spiro atoms. The minimum atomic E-state index is 0.0217. The molecule has 16 heavy (non-hydrogen) atoms. The van der Waals surface area contributed by atoms with E-state index in [4.69, 9.17) is 15.2 Å². The molecule has 0 heterocycles. The van der Waals surface area contributed by atoms with Gasteiger partial charge in [-0.15, -0.1) is 0 Å². The molecule has 2 N–H and O–H groups in total. The summed E-state index contributed by atoms with van der Waals surface area (Å²) < 4.78 is 9.95. The average Bonchev–Trinajstić information content (AvgIpc) is 2.29. The van der Waals surface area contributed by atoms with Gasteiger partial charge in [0.15, 0.2) is 5.78 Å². The molecule has 0 aliphatic carbocycles. The predicted molar refractivity (Wildman–Crippen MR) is 62.8 cm³/mol. The molecular weight excluding hydrogens is 206 g/mol. The number of para-hydroxylation sites is 1. The van der Waals surface area contributed by atoms with Gasteiger partial charge in [-0.25, -0.2) is 0 Å². The zero-order valence-electron chi connectivity index (χ0n) is 9.66. The zero-order chi connectivity index (χ0) is 12.0. The van der Waals surface area contributed by atoms with E-state index < -0.39 is 0 Å². The van der Waals surface area contributed by atoms with Crippen molar-refractivity contribution >= 4 is 11.5 Å². The van der Waals surface area contributed by atoms with Crippen LogP contribution in [0.2, 0.25) is 0 Å². The van der Waals surface area contributed by atoms with Crippen LogP contribution in [0.5, 0.6) is 5.75 Å². The lowest BCUT2D eigenvalue weighted by Crippen LogP contribution is -2.06. The summed E-state index contributed by atoms with van der Waals surface area (Å²) in [4.78, 5) is 11.8. The number of rotatable bonds is 6. The Bertz CT molecular complexity index is 363. The monoisotopic (exact) mass is 223 g/mol. The number of ketones is 1. The molecule has 0 saturated carbocycles. The normalized spacial score (nSPS) is 10.1. The molecule has 0 aliphatic heterocycles. The van der Waals surface area contributed by atoms with Gasteiger partial charge in [-0.05, 0) is 18.6 Å². The van der Waals surface area contributed by atoms with Crippen molar-refractivity contribution in [3.63, 3.8) is 0 Å². The molecule has 0 radical (unpaired) electrons. The Balaban J connectivity index is 2.75. The van der Waals surface area contributed by atoms with Crippen LogP contribution in [0.25, 0.3) is 0 Å². The number of carbonyl (C=O) groups is 1. The maximum atomic E-state index is 11.8. The predicted octanol–water partition coefficient (Wildman–Crippen LogP) is 1.89. The number of methoxy groups -OCH3 is 2. The van der Waals surface area contributed by atoms with Crippen molar-refractivity contribution in [3.8, 4) is 5.75 Å². The molecule has 4 heteroatoms. The van der Waals surface area contributed by atoms with Crippen LogP contribution in [-0.4, -0.2) is 26.6 Å². The van der Waals surface area contributed by atoms with E-state index in [9.17, 15) is 4.79 Å². The first-order valence-corrected chi connectivity index (χ1v) is 5.15. The highest BCUT2D eigenvalue weighted by atomic mass is 16.5. The van der Waals surface area contributed by atoms with Crippen LogP contribution < -0.4 is 10.5 Å². The molecule has 0 aromatic heterocycles.